The van der Waals surface area contributed by atoms with Gasteiger partial charge < -0.3 is 10.6 Å². The molecule has 3 aromatic rings. The van der Waals surface area contributed by atoms with Crippen molar-refractivity contribution in [2.45, 2.75) is 39.2 Å². The molecule has 30 heavy (non-hydrogen) atoms. The first-order valence-corrected chi connectivity index (χ1v) is 10.9. The highest BCUT2D eigenvalue weighted by atomic mass is 35.5. The molecule has 1 aromatic heterocycles. The van der Waals surface area contributed by atoms with E-state index < -0.39 is 0 Å². The lowest BCUT2D eigenvalue weighted by Crippen LogP contribution is -2.14. The largest absolute Gasteiger partial charge is 0.385 e. The van der Waals surface area contributed by atoms with Gasteiger partial charge in [-0.3, -0.25) is 4.79 Å². The van der Waals surface area contributed by atoms with Crippen LogP contribution in [0.2, 0.25) is 5.15 Å². The van der Waals surface area contributed by atoms with Crippen molar-refractivity contribution >= 4 is 28.9 Å². The molecule has 6 heteroatoms. The van der Waals surface area contributed by atoms with Crippen molar-refractivity contribution in [1.29, 1.82) is 0 Å². The predicted octanol–water partition coefficient (Wildman–Crippen LogP) is 5.75. The predicted molar refractivity (Wildman–Crippen MR) is 122 cm³/mol. The molecular formula is C24H27ClN4O. The van der Waals surface area contributed by atoms with Crippen molar-refractivity contribution in [1.82, 2.24) is 9.78 Å². The molecule has 1 aliphatic rings. The van der Waals surface area contributed by atoms with Crippen molar-refractivity contribution < 1.29 is 4.79 Å². The number of aryl methyl sites for hydroxylation is 1. The van der Waals surface area contributed by atoms with Gasteiger partial charge in [0.15, 0.2) is 0 Å². The summed E-state index contributed by atoms with van der Waals surface area (Å²) >= 11 is 6.50. The molecule has 1 saturated carbocycles. The highest BCUT2D eigenvalue weighted by Crippen LogP contribution is 2.26. The van der Waals surface area contributed by atoms with E-state index in [-0.39, 0.29) is 5.91 Å². The van der Waals surface area contributed by atoms with E-state index in [1.54, 1.807) is 11.6 Å². The van der Waals surface area contributed by atoms with Gasteiger partial charge in [0.25, 0.3) is 5.91 Å². The smallest absolute Gasteiger partial charge is 0.260 e. The van der Waals surface area contributed by atoms with Gasteiger partial charge in [0.05, 0.1) is 17.8 Å². The van der Waals surface area contributed by atoms with Gasteiger partial charge in [0, 0.05) is 17.9 Å². The molecule has 156 valence electrons. The molecule has 1 aliphatic carbocycles. The van der Waals surface area contributed by atoms with E-state index in [1.807, 2.05) is 54.6 Å². The Labute approximate surface area is 182 Å². The van der Waals surface area contributed by atoms with Crippen LogP contribution in [0.15, 0.2) is 54.6 Å². The molecule has 2 aromatic carbocycles. The second kappa shape index (κ2) is 9.35. The molecule has 0 radical (unpaired) electrons. The number of aromatic nitrogens is 2. The number of nitrogens with zero attached hydrogens (tertiary/aromatic N) is 2. The number of nitrogens with one attached hydrogen (secondary N) is 2. The monoisotopic (exact) mass is 422 g/mol. The highest BCUT2D eigenvalue weighted by Gasteiger charge is 2.20. The van der Waals surface area contributed by atoms with Crippen molar-refractivity contribution in [3.05, 3.63) is 76.6 Å². The Morgan fingerprint density at radius 1 is 1.07 bits per heavy atom. The summed E-state index contributed by atoms with van der Waals surface area (Å²) in [4.78, 5) is 12.8. The molecule has 1 fully saturated rings. The zero-order chi connectivity index (χ0) is 20.9. The van der Waals surface area contributed by atoms with Crippen molar-refractivity contribution in [3.8, 4) is 0 Å². The van der Waals surface area contributed by atoms with Crippen molar-refractivity contribution in [2.75, 3.05) is 17.2 Å². The Morgan fingerprint density at radius 2 is 1.73 bits per heavy atom. The molecule has 0 aliphatic heterocycles. The number of amides is 1. The third-order valence-corrected chi connectivity index (χ3v) is 6.06. The molecule has 1 heterocycles. The molecule has 4 rings (SSSR count). The summed E-state index contributed by atoms with van der Waals surface area (Å²) < 4.78 is 1.66. The van der Waals surface area contributed by atoms with Gasteiger partial charge in [-0.05, 0) is 55.5 Å². The minimum absolute atomic E-state index is 0.247. The van der Waals surface area contributed by atoms with Crippen LogP contribution in [-0.2, 0) is 6.54 Å². The van der Waals surface area contributed by atoms with Crippen molar-refractivity contribution in [3.63, 3.8) is 0 Å². The minimum atomic E-state index is -0.247. The summed E-state index contributed by atoms with van der Waals surface area (Å²) in [5.74, 6) is 0.533. The Bertz CT molecular complexity index is 992. The zero-order valence-corrected chi connectivity index (χ0v) is 18.0. The van der Waals surface area contributed by atoms with Crippen LogP contribution < -0.4 is 10.6 Å². The summed E-state index contributed by atoms with van der Waals surface area (Å²) in [5, 5.41) is 11.2. The van der Waals surface area contributed by atoms with E-state index >= 15 is 0 Å². The van der Waals surface area contributed by atoms with Gasteiger partial charge >= 0.3 is 0 Å². The topological polar surface area (TPSA) is 59.0 Å². The fraction of sp³-hybridized carbons (Fsp3) is 0.333. The quantitative estimate of drug-likeness (QED) is 0.509. The van der Waals surface area contributed by atoms with Gasteiger partial charge in [-0.2, -0.15) is 5.10 Å². The van der Waals surface area contributed by atoms with E-state index in [0.29, 0.717) is 23.0 Å². The Balaban J connectivity index is 1.39. The third-order valence-electron chi connectivity index (χ3n) is 5.68. The fourth-order valence-electron chi connectivity index (χ4n) is 4.01. The van der Waals surface area contributed by atoms with Crippen molar-refractivity contribution in [2.24, 2.45) is 5.92 Å². The number of carbonyl (C=O) groups is 1. The summed E-state index contributed by atoms with van der Waals surface area (Å²) in [6, 6.07) is 17.7. The van der Waals surface area contributed by atoms with E-state index in [0.717, 1.165) is 29.4 Å². The van der Waals surface area contributed by atoms with E-state index in [2.05, 4.69) is 15.7 Å². The van der Waals surface area contributed by atoms with Gasteiger partial charge in [-0.25, -0.2) is 4.68 Å². The molecule has 0 atom stereocenters. The summed E-state index contributed by atoms with van der Waals surface area (Å²) in [6.07, 6.45) is 5.33. The van der Waals surface area contributed by atoms with Crippen LogP contribution in [0.1, 0.15) is 47.3 Å². The molecule has 2 N–H and O–H groups in total. The Morgan fingerprint density at radius 3 is 2.43 bits per heavy atom. The standard InChI is InChI=1S/C24H27ClN4O/c1-17-22(23(25)29(28-17)16-19-9-3-2-4-10-19)24(30)27-21-13-11-20(12-14-21)26-15-18-7-5-6-8-18/h2-4,9-14,18,26H,5-8,15-16H2,1H3,(H,27,30). The van der Waals surface area contributed by atoms with Crippen LogP contribution >= 0.6 is 11.6 Å². The SMILES string of the molecule is Cc1nn(Cc2ccccc2)c(Cl)c1C(=O)Nc1ccc(NCC2CCCC2)cc1. The molecule has 5 nitrogen and oxygen atoms in total. The van der Waals surface area contributed by atoms with Gasteiger partial charge in [-0.1, -0.05) is 54.8 Å². The number of halogens is 1. The maximum absolute atomic E-state index is 12.8. The summed E-state index contributed by atoms with van der Waals surface area (Å²) in [5.41, 5.74) is 3.91. The first-order valence-electron chi connectivity index (χ1n) is 10.5. The van der Waals surface area contributed by atoms with Gasteiger partial charge in [-0.15, -0.1) is 0 Å². The second-order valence-corrected chi connectivity index (χ2v) is 8.32. The van der Waals surface area contributed by atoms with Gasteiger partial charge in [0.1, 0.15) is 5.15 Å². The van der Waals surface area contributed by atoms with Crippen LogP contribution in [0, 0.1) is 12.8 Å². The number of hydrogen-bond donors (Lipinski definition) is 2. The lowest BCUT2D eigenvalue weighted by atomic mass is 10.1. The average Bonchev–Trinajstić information content (AvgIpc) is 3.36. The maximum Gasteiger partial charge on any atom is 0.260 e. The van der Waals surface area contributed by atoms with Gasteiger partial charge in [0.2, 0.25) is 0 Å². The lowest BCUT2D eigenvalue weighted by Gasteiger charge is -2.12. The molecule has 0 bridgehead atoms. The molecule has 1 amide bonds. The second-order valence-electron chi connectivity index (χ2n) is 7.96. The van der Waals surface area contributed by atoms with Crippen LogP contribution in [0.5, 0.6) is 0 Å². The number of benzene rings is 2. The number of hydrogen-bond acceptors (Lipinski definition) is 3. The van der Waals surface area contributed by atoms with E-state index in [9.17, 15) is 4.79 Å². The molecule has 0 spiro atoms. The lowest BCUT2D eigenvalue weighted by molar-refractivity contribution is 0.102. The average molecular weight is 423 g/mol. The minimum Gasteiger partial charge on any atom is -0.385 e. The van der Waals surface area contributed by atoms with Crippen LogP contribution in [0.3, 0.4) is 0 Å². The number of carbonyl (C=O) groups excluding carboxylic acids is 1. The summed E-state index contributed by atoms with van der Waals surface area (Å²) in [6.45, 7) is 3.34. The fourth-order valence-corrected chi connectivity index (χ4v) is 4.33. The molecule has 0 unspecified atom stereocenters. The first-order chi connectivity index (χ1) is 14.6. The zero-order valence-electron chi connectivity index (χ0n) is 17.2. The normalized spacial score (nSPS) is 14.1. The third kappa shape index (κ3) is 4.85. The molecular weight excluding hydrogens is 396 g/mol. The maximum atomic E-state index is 12.8. The van der Waals surface area contributed by atoms with Crippen LogP contribution in [-0.4, -0.2) is 22.2 Å². The van der Waals surface area contributed by atoms with E-state index in [4.69, 9.17) is 11.6 Å². The number of rotatable bonds is 7. The first kappa shape index (κ1) is 20.5. The van der Waals surface area contributed by atoms with Crippen LogP contribution in [0.25, 0.3) is 0 Å². The molecule has 0 saturated heterocycles. The number of anilines is 2. The van der Waals surface area contributed by atoms with E-state index in [1.165, 1.54) is 25.7 Å². The summed E-state index contributed by atoms with van der Waals surface area (Å²) in [7, 11) is 0. The Hall–Kier alpha value is -2.79. The van der Waals surface area contributed by atoms with Crippen LogP contribution in [0.4, 0.5) is 11.4 Å². The Kier molecular flexibility index (Phi) is 6.38. The highest BCUT2D eigenvalue weighted by molar-refractivity contribution is 6.33.